The summed E-state index contributed by atoms with van der Waals surface area (Å²) in [7, 11) is -0.931. The Bertz CT molecular complexity index is 2010. The number of hydrogen-bond acceptors (Lipinski definition) is 9. The molecule has 3 aromatic rings. The van der Waals surface area contributed by atoms with E-state index in [4.69, 9.17) is 18.9 Å². The first-order chi connectivity index (χ1) is 26.5. The highest BCUT2D eigenvalue weighted by Gasteiger charge is 2.66. The molecule has 3 aromatic carbocycles. The Morgan fingerprint density at radius 2 is 1.62 bits per heavy atom. The van der Waals surface area contributed by atoms with Crippen LogP contribution in [-0.4, -0.2) is 101 Å². The van der Waals surface area contributed by atoms with Gasteiger partial charge in [0.05, 0.1) is 65.7 Å². The zero-order valence-corrected chi connectivity index (χ0v) is 32.7. The summed E-state index contributed by atoms with van der Waals surface area (Å²) in [6.45, 7) is 8.67. The summed E-state index contributed by atoms with van der Waals surface area (Å²) in [5, 5.41) is 11.3. The lowest BCUT2D eigenvalue weighted by molar-refractivity contribution is -0.150. The van der Waals surface area contributed by atoms with Crippen molar-refractivity contribution in [2.24, 2.45) is 5.92 Å². The Morgan fingerprint density at radius 3 is 2.25 bits per heavy atom. The van der Waals surface area contributed by atoms with Gasteiger partial charge in [0.25, 0.3) is 5.91 Å². The number of rotatable bonds is 10. The predicted molar refractivity (Wildman–Crippen MR) is 207 cm³/mol. The molecule has 8 rings (SSSR count). The smallest absolute Gasteiger partial charge is 0.414 e. The van der Waals surface area contributed by atoms with Gasteiger partial charge >= 0.3 is 12.2 Å². The Morgan fingerprint density at radius 1 is 0.927 bits per heavy atom. The lowest BCUT2D eigenvalue weighted by Gasteiger charge is -2.37. The highest BCUT2D eigenvalue weighted by molar-refractivity contribution is 6.91. The molecule has 4 saturated heterocycles. The standard InChI is InChI=1S/C41H48N4O9Si/c1-26-37(55(3,4)32-13-11-31(51-2)12-14-32)35(23-36(47)42-16-6-9-30(42)25-46)54-41(26)33-22-29(44-18-20-53-40(44)50)10-15-34(33)45(38(41)48)24-27-7-5-8-28(21-27)43-17-19-52-39(43)49/h5,7-8,10-15,21-22,26,30,35,37,46H,6,9,16-20,23-25H2,1-4H3/t26-,30-,35+,37-,41+/m0/s1. The second kappa shape index (κ2) is 14.3. The van der Waals surface area contributed by atoms with E-state index in [1.165, 1.54) is 0 Å². The van der Waals surface area contributed by atoms with E-state index in [1.54, 1.807) is 26.7 Å². The van der Waals surface area contributed by atoms with E-state index >= 15 is 4.79 Å². The minimum Gasteiger partial charge on any atom is -0.497 e. The number of likely N-dealkylation sites (tertiary alicyclic amines) is 1. The van der Waals surface area contributed by atoms with Crippen LogP contribution in [0.25, 0.3) is 0 Å². The number of amides is 4. The molecule has 1 N–H and O–H groups in total. The van der Waals surface area contributed by atoms with Crippen LogP contribution >= 0.6 is 0 Å². The zero-order valence-electron chi connectivity index (χ0n) is 31.7. The third kappa shape index (κ3) is 6.14. The fourth-order valence-corrected chi connectivity index (χ4v) is 13.7. The minimum atomic E-state index is -2.57. The maximum atomic E-state index is 15.5. The van der Waals surface area contributed by atoms with Crippen molar-refractivity contribution in [2.45, 2.75) is 69.1 Å². The van der Waals surface area contributed by atoms with Gasteiger partial charge in [-0.1, -0.05) is 49.5 Å². The van der Waals surface area contributed by atoms with Crippen LogP contribution in [0.1, 0.15) is 37.3 Å². The molecule has 4 fully saturated rings. The SMILES string of the molecule is COc1ccc([Si](C)(C)[C@@H]2[C@@H](CC(=O)N3CCC[C@H]3CO)O[C@]3(C(=O)N(Cc4cccc(N5CCOC5=O)c4)c4ccc(N5CCOC5=O)cc43)[C@H]2C)cc1. The van der Waals surface area contributed by atoms with E-state index in [9.17, 15) is 19.5 Å². The zero-order chi connectivity index (χ0) is 38.6. The number of carbonyl (C=O) groups is 4. The fraction of sp³-hybridized carbons (Fsp3) is 0.463. The first-order valence-corrected chi connectivity index (χ1v) is 22.2. The van der Waals surface area contributed by atoms with Crippen molar-refractivity contribution in [3.63, 3.8) is 0 Å². The van der Waals surface area contributed by atoms with Crippen LogP contribution in [-0.2, 0) is 35.9 Å². The molecule has 0 unspecified atom stereocenters. The van der Waals surface area contributed by atoms with Gasteiger partial charge in [-0.05, 0) is 66.4 Å². The molecule has 5 heterocycles. The monoisotopic (exact) mass is 768 g/mol. The summed E-state index contributed by atoms with van der Waals surface area (Å²) in [5.41, 5.74) is 1.74. The molecule has 55 heavy (non-hydrogen) atoms. The molecule has 14 heteroatoms. The van der Waals surface area contributed by atoms with Crippen LogP contribution < -0.4 is 24.6 Å². The van der Waals surface area contributed by atoms with Crippen molar-refractivity contribution in [1.29, 1.82) is 0 Å². The molecule has 1 spiro atoms. The number of ether oxygens (including phenoxy) is 4. The second-order valence-corrected chi connectivity index (χ2v) is 20.4. The Kier molecular flexibility index (Phi) is 9.62. The number of anilines is 3. The van der Waals surface area contributed by atoms with Crippen LogP contribution in [0.15, 0.2) is 66.7 Å². The topological polar surface area (TPSA) is 138 Å². The number of methoxy groups -OCH3 is 1. The third-order valence-electron chi connectivity index (χ3n) is 12.5. The van der Waals surface area contributed by atoms with Gasteiger partial charge in [0.15, 0.2) is 5.60 Å². The molecule has 5 aliphatic heterocycles. The third-order valence-corrected chi connectivity index (χ3v) is 16.9. The van der Waals surface area contributed by atoms with Crippen LogP contribution in [0, 0.1) is 5.92 Å². The average Bonchev–Trinajstić information content (AvgIpc) is 4.02. The molecule has 0 bridgehead atoms. The molecular weight excluding hydrogens is 721 g/mol. The average molecular weight is 769 g/mol. The lowest BCUT2D eigenvalue weighted by Crippen LogP contribution is -2.52. The predicted octanol–water partition coefficient (Wildman–Crippen LogP) is 4.74. The van der Waals surface area contributed by atoms with Gasteiger partial charge in [-0.25, -0.2) is 9.59 Å². The number of hydrogen-bond donors (Lipinski definition) is 1. The maximum absolute atomic E-state index is 15.5. The largest absolute Gasteiger partial charge is 0.497 e. The van der Waals surface area contributed by atoms with E-state index in [-0.39, 0.29) is 55.5 Å². The summed E-state index contributed by atoms with van der Waals surface area (Å²) in [6, 6.07) is 21.0. The van der Waals surface area contributed by atoms with Gasteiger partial charge in [-0.3, -0.25) is 19.4 Å². The number of benzene rings is 3. The summed E-state index contributed by atoms with van der Waals surface area (Å²) in [4.78, 5) is 61.5. The van der Waals surface area contributed by atoms with Gasteiger partial charge in [0.1, 0.15) is 19.0 Å². The van der Waals surface area contributed by atoms with E-state index in [0.29, 0.717) is 48.9 Å². The second-order valence-electron chi connectivity index (χ2n) is 15.7. The van der Waals surface area contributed by atoms with Crippen molar-refractivity contribution in [2.75, 3.05) is 61.3 Å². The summed E-state index contributed by atoms with van der Waals surface area (Å²) >= 11 is 0. The number of aliphatic hydroxyl groups excluding tert-OH is 1. The first-order valence-electron chi connectivity index (χ1n) is 19.1. The molecule has 5 atom stereocenters. The normalized spacial score (nSPS) is 26.3. The molecule has 0 aliphatic carbocycles. The van der Waals surface area contributed by atoms with Gasteiger partial charge < -0.3 is 33.9 Å². The van der Waals surface area contributed by atoms with Gasteiger partial charge in [0, 0.05) is 29.4 Å². The van der Waals surface area contributed by atoms with Crippen LogP contribution in [0.4, 0.5) is 26.7 Å². The lowest BCUT2D eigenvalue weighted by atomic mass is 9.82. The van der Waals surface area contributed by atoms with Crippen molar-refractivity contribution >= 4 is 54.3 Å². The number of nitrogens with zero attached hydrogens (tertiary/aromatic N) is 4. The van der Waals surface area contributed by atoms with Gasteiger partial charge in [-0.15, -0.1) is 0 Å². The molecule has 0 saturated carbocycles. The Labute approximate surface area is 321 Å². The van der Waals surface area contributed by atoms with Gasteiger partial charge in [0.2, 0.25) is 5.91 Å². The molecule has 5 aliphatic rings. The van der Waals surface area contributed by atoms with Crippen LogP contribution in [0.2, 0.25) is 18.6 Å². The van der Waals surface area contributed by atoms with Crippen LogP contribution in [0.5, 0.6) is 5.75 Å². The number of cyclic esters (lactones) is 2. The minimum absolute atomic E-state index is 0.0641. The summed E-state index contributed by atoms with van der Waals surface area (Å²) in [5.74, 6) is 0.0227. The Balaban J connectivity index is 1.23. The summed E-state index contributed by atoms with van der Waals surface area (Å²) in [6.07, 6.45) is 0.149. The van der Waals surface area contributed by atoms with E-state index in [2.05, 4.69) is 32.2 Å². The molecule has 0 radical (unpaired) electrons. The van der Waals surface area contributed by atoms with Crippen molar-refractivity contribution in [3.8, 4) is 5.75 Å². The maximum Gasteiger partial charge on any atom is 0.414 e. The highest BCUT2D eigenvalue weighted by Crippen LogP contribution is 2.60. The van der Waals surface area contributed by atoms with Crippen molar-refractivity contribution < 1.29 is 43.2 Å². The van der Waals surface area contributed by atoms with Crippen LogP contribution in [0.3, 0.4) is 0 Å². The quantitative estimate of drug-likeness (QED) is 0.290. The summed E-state index contributed by atoms with van der Waals surface area (Å²) < 4.78 is 23.2. The Hall–Kier alpha value is -4.92. The molecular formula is C41H48N4O9Si. The van der Waals surface area contributed by atoms with Gasteiger partial charge in [-0.2, -0.15) is 0 Å². The van der Waals surface area contributed by atoms with E-state index in [1.807, 2.05) is 54.6 Å². The number of fused-ring (bicyclic) bond motifs is 2. The highest BCUT2D eigenvalue weighted by atomic mass is 28.3. The molecule has 290 valence electrons. The van der Waals surface area contributed by atoms with E-state index < -0.39 is 32.0 Å². The molecule has 0 aromatic heterocycles. The van der Waals surface area contributed by atoms with E-state index in [0.717, 1.165) is 29.3 Å². The van der Waals surface area contributed by atoms with Crippen molar-refractivity contribution in [1.82, 2.24) is 4.90 Å². The molecule has 4 amide bonds. The molecule has 13 nitrogen and oxygen atoms in total. The number of carbonyl (C=O) groups excluding carboxylic acids is 4. The fourth-order valence-electron chi connectivity index (χ4n) is 9.73. The van der Waals surface area contributed by atoms with Crippen molar-refractivity contribution in [3.05, 3.63) is 77.9 Å². The number of aliphatic hydroxyl groups is 1. The first kappa shape index (κ1) is 37.0.